The van der Waals surface area contributed by atoms with Crippen LogP contribution in [0.3, 0.4) is 0 Å². The van der Waals surface area contributed by atoms with Crippen LogP contribution in [0.4, 0.5) is 5.69 Å². The third kappa shape index (κ3) is 4.70. The fraction of sp³-hybridized carbons (Fsp3) is 0.176. The van der Waals surface area contributed by atoms with Crippen molar-refractivity contribution < 1.29 is 24.4 Å². The molecular formula is C17H15ClN2O6. The van der Waals surface area contributed by atoms with Gasteiger partial charge in [-0.2, -0.15) is 0 Å². The quantitative estimate of drug-likeness (QED) is 0.564. The predicted molar refractivity (Wildman–Crippen MR) is 93.6 cm³/mol. The lowest BCUT2D eigenvalue weighted by molar-refractivity contribution is -0.384. The second kappa shape index (κ2) is 8.30. The van der Waals surface area contributed by atoms with Crippen molar-refractivity contribution in [2.24, 2.45) is 0 Å². The molecule has 26 heavy (non-hydrogen) atoms. The molecule has 136 valence electrons. The highest BCUT2D eigenvalue weighted by Gasteiger charge is 2.23. The fourth-order valence-electron chi connectivity index (χ4n) is 2.31. The van der Waals surface area contributed by atoms with Gasteiger partial charge in [-0.15, -0.1) is 0 Å². The number of benzene rings is 2. The van der Waals surface area contributed by atoms with E-state index in [4.69, 9.17) is 21.4 Å². The molecule has 9 heteroatoms. The van der Waals surface area contributed by atoms with Crippen LogP contribution in [0.5, 0.6) is 5.75 Å². The first-order valence-electron chi connectivity index (χ1n) is 7.42. The van der Waals surface area contributed by atoms with Gasteiger partial charge in [0.25, 0.3) is 11.6 Å². The number of carbonyl (C=O) groups excluding carboxylic acids is 1. The number of hydrogen-bond acceptors (Lipinski definition) is 5. The van der Waals surface area contributed by atoms with Crippen LogP contribution in [0.25, 0.3) is 0 Å². The topological polar surface area (TPSA) is 119 Å². The van der Waals surface area contributed by atoms with Crippen LogP contribution >= 0.6 is 11.6 Å². The van der Waals surface area contributed by atoms with Gasteiger partial charge in [-0.1, -0.05) is 11.6 Å². The van der Waals surface area contributed by atoms with E-state index in [9.17, 15) is 19.7 Å². The Kier molecular flexibility index (Phi) is 6.13. The summed E-state index contributed by atoms with van der Waals surface area (Å²) in [6.07, 6.45) is -0.483. The minimum Gasteiger partial charge on any atom is -0.497 e. The maximum Gasteiger partial charge on any atom is 0.305 e. The molecular weight excluding hydrogens is 364 g/mol. The number of rotatable bonds is 7. The Bertz CT molecular complexity index is 838. The van der Waals surface area contributed by atoms with Crippen LogP contribution in [0.15, 0.2) is 42.5 Å². The van der Waals surface area contributed by atoms with E-state index in [2.05, 4.69) is 5.32 Å². The monoisotopic (exact) mass is 378 g/mol. The fourth-order valence-corrected chi connectivity index (χ4v) is 2.56. The molecule has 0 radical (unpaired) electrons. The molecule has 0 spiro atoms. The van der Waals surface area contributed by atoms with Crippen LogP contribution in [0.1, 0.15) is 28.4 Å². The smallest absolute Gasteiger partial charge is 0.305 e. The molecule has 0 saturated heterocycles. The Morgan fingerprint density at radius 1 is 1.27 bits per heavy atom. The molecule has 0 bridgehead atoms. The average Bonchev–Trinajstić information content (AvgIpc) is 2.61. The summed E-state index contributed by atoms with van der Waals surface area (Å²) in [5.74, 6) is -1.17. The molecule has 8 nitrogen and oxygen atoms in total. The normalized spacial score (nSPS) is 11.5. The first kappa shape index (κ1) is 19.2. The average molecular weight is 379 g/mol. The zero-order chi connectivity index (χ0) is 19.3. The van der Waals surface area contributed by atoms with Crippen molar-refractivity contribution in [3.05, 3.63) is 68.7 Å². The van der Waals surface area contributed by atoms with E-state index in [1.807, 2.05) is 0 Å². The van der Waals surface area contributed by atoms with Crippen LogP contribution in [0, 0.1) is 10.1 Å². The molecule has 0 fully saturated rings. The number of carbonyl (C=O) groups is 2. The Morgan fingerprint density at radius 2 is 1.92 bits per heavy atom. The number of carboxylic acid groups (broad SMARTS) is 1. The highest BCUT2D eigenvalue weighted by molar-refractivity contribution is 6.31. The van der Waals surface area contributed by atoms with E-state index in [-0.39, 0.29) is 21.8 Å². The molecule has 2 rings (SSSR count). The maximum absolute atomic E-state index is 12.4. The van der Waals surface area contributed by atoms with Crippen molar-refractivity contribution in [2.75, 3.05) is 7.11 Å². The van der Waals surface area contributed by atoms with Crippen molar-refractivity contribution in [1.82, 2.24) is 5.32 Å². The van der Waals surface area contributed by atoms with E-state index >= 15 is 0 Å². The number of nitro benzene ring substituents is 1. The Balaban J connectivity index is 2.32. The molecule has 0 aliphatic carbocycles. The van der Waals surface area contributed by atoms with Crippen LogP contribution < -0.4 is 10.1 Å². The van der Waals surface area contributed by atoms with Crippen molar-refractivity contribution in [2.45, 2.75) is 12.5 Å². The number of carboxylic acids is 1. The highest BCUT2D eigenvalue weighted by Crippen LogP contribution is 2.29. The van der Waals surface area contributed by atoms with Gasteiger partial charge in [0.1, 0.15) is 5.75 Å². The Morgan fingerprint density at radius 3 is 2.46 bits per heavy atom. The molecule has 0 heterocycles. The number of nitrogens with zero attached hydrogens (tertiary/aromatic N) is 1. The maximum atomic E-state index is 12.4. The van der Waals surface area contributed by atoms with E-state index in [1.54, 1.807) is 12.1 Å². The number of amides is 1. The van der Waals surface area contributed by atoms with Gasteiger partial charge in [0.05, 0.1) is 24.5 Å². The van der Waals surface area contributed by atoms with E-state index < -0.39 is 29.3 Å². The molecule has 0 aromatic heterocycles. The van der Waals surface area contributed by atoms with Crippen molar-refractivity contribution >= 4 is 29.2 Å². The number of methoxy groups -OCH3 is 1. The summed E-state index contributed by atoms with van der Waals surface area (Å²) >= 11 is 6.06. The first-order valence-corrected chi connectivity index (χ1v) is 7.80. The number of aliphatic carboxylic acids is 1. The summed E-state index contributed by atoms with van der Waals surface area (Å²) in [6, 6.07) is 8.82. The third-order valence-corrected chi connectivity index (χ3v) is 3.95. The standard InChI is InChI=1S/C17H15ClN2O6/c1-26-12-5-2-10(3-6-12)17(23)19-15(9-16(21)22)13-8-11(20(24)25)4-7-14(13)18/h2-8,15H,9H2,1H3,(H,19,23)(H,21,22)/t15-/m0/s1. The molecule has 2 aromatic carbocycles. The van der Waals surface area contributed by atoms with Crippen molar-refractivity contribution in [1.29, 1.82) is 0 Å². The zero-order valence-corrected chi connectivity index (χ0v) is 14.4. The summed E-state index contributed by atoms with van der Waals surface area (Å²) < 4.78 is 5.01. The summed E-state index contributed by atoms with van der Waals surface area (Å²) in [7, 11) is 1.49. The summed E-state index contributed by atoms with van der Waals surface area (Å²) in [4.78, 5) is 33.9. The highest BCUT2D eigenvalue weighted by atomic mass is 35.5. The van der Waals surface area contributed by atoms with E-state index in [1.165, 1.54) is 31.4 Å². The van der Waals surface area contributed by atoms with Gasteiger partial charge >= 0.3 is 5.97 Å². The SMILES string of the molecule is COc1ccc(C(=O)N[C@@H](CC(=O)O)c2cc([N+](=O)[O-])ccc2Cl)cc1. The molecule has 0 aliphatic heterocycles. The molecule has 2 aromatic rings. The van der Waals surface area contributed by atoms with Gasteiger partial charge in [-0.05, 0) is 30.3 Å². The summed E-state index contributed by atoms with van der Waals surface area (Å²) in [6.45, 7) is 0. The predicted octanol–water partition coefficient (Wildman–Crippen LogP) is 3.20. The lowest BCUT2D eigenvalue weighted by atomic mass is 10.0. The number of halogens is 1. The van der Waals surface area contributed by atoms with Crippen LogP contribution in [-0.2, 0) is 4.79 Å². The van der Waals surface area contributed by atoms with Gasteiger partial charge in [0, 0.05) is 28.3 Å². The summed E-state index contributed by atoms with van der Waals surface area (Å²) in [5, 5.41) is 22.8. The van der Waals surface area contributed by atoms with Gasteiger partial charge < -0.3 is 15.2 Å². The molecule has 1 amide bonds. The van der Waals surface area contributed by atoms with Gasteiger partial charge in [-0.25, -0.2) is 0 Å². The molecule has 1 atom stereocenters. The zero-order valence-electron chi connectivity index (χ0n) is 13.6. The number of nitro groups is 1. The second-order valence-corrected chi connectivity index (χ2v) is 5.72. The Hall–Kier alpha value is -3.13. The molecule has 2 N–H and O–H groups in total. The minimum absolute atomic E-state index is 0.122. The largest absolute Gasteiger partial charge is 0.497 e. The number of hydrogen-bond donors (Lipinski definition) is 2. The van der Waals surface area contributed by atoms with Gasteiger partial charge in [0.2, 0.25) is 0 Å². The molecule has 0 saturated carbocycles. The van der Waals surface area contributed by atoms with Crippen molar-refractivity contribution in [3.8, 4) is 5.75 Å². The van der Waals surface area contributed by atoms with Gasteiger partial charge in [0.15, 0.2) is 0 Å². The van der Waals surface area contributed by atoms with Gasteiger partial charge in [-0.3, -0.25) is 19.7 Å². The second-order valence-electron chi connectivity index (χ2n) is 5.32. The van der Waals surface area contributed by atoms with Crippen LogP contribution in [-0.4, -0.2) is 29.0 Å². The van der Waals surface area contributed by atoms with E-state index in [0.717, 1.165) is 6.07 Å². The summed E-state index contributed by atoms with van der Waals surface area (Å²) in [5.41, 5.74) is 0.186. The third-order valence-electron chi connectivity index (χ3n) is 3.60. The number of ether oxygens (including phenoxy) is 1. The first-order chi connectivity index (χ1) is 12.3. The van der Waals surface area contributed by atoms with Crippen LogP contribution in [0.2, 0.25) is 5.02 Å². The molecule has 0 aliphatic rings. The lowest BCUT2D eigenvalue weighted by Gasteiger charge is -2.18. The number of non-ortho nitro benzene ring substituents is 1. The minimum atomic E-state index is -1.19. The lowest BCUT2D eigenvalue weighted by Crippen LogP contribution is -2.30. The molecule has 0 unspecified atom stereocenters. The number of nitrogens with one attached hydrogen (secondary N) is 1. The van der Waals surface area contributed by atoms with E-state index in [0.29, 0.717) is 5.75 Å². The Labute approximate surface area is 153 Å². The van der Waals surface area contributed by atoms with Crippen molar-refractivity contribution in [3.63, 3.8) is 0 Å².